The van der Waals surface area contributed by atoms with E-state index in [2.05, 4.69) is 0 Å². The first kappa shape index (κ1) is 15.9. The topological polar surface area (TPSA) is 71.5 Å². The minimum atomic E-state index is -3.64. The van der Waals surface area contributed by atoms with Crippen molar-refractivity contribution in [1.29, 1.82) is 0 Å². The van der Waals surface area contributed by atoms with Gasteiger partial charge in [-0.2, -0.15) is 4.31 Å². The number of sulfonamides is 1. The zero-order valence-corrected chi connectivity index (χ0v) is 13.0. The number of hydrogen-bond donors (Lipinski definition) is 0. The van der Waals surface area contributed by atoms with E-state index < -0.39 is 10.0 Å². The van der Waals surface area contributed by atoms with Crippen LogP contribution in [0.25, 0.3) is 0 Å². The lowest BCUT2D eigenvalue weighted by molar-refractivity contribution is -0.120. The third kappa shape index (κ3) is 3.39. The van der Waals surface area contributed by atoms with E-state index in [1.54, 1.807) is 12.1 Å². The van der Waals surface area contributed by atoms with E-state index in [0.29, 0.717) is 31.2 Å². The Morgan fingerprint density at radius 1 is 1.24 bits per heavy atom. The molecule has 1 aliphatic rings. The van der Waals surface area contributed by atoms with Gasteiger partial charge < -0.3 is 0 Å². The second-order valence-corrected chi connectivity index (χ2v) is 7.37. The fourth-order valence-corrected chi connectivity index (χ4v) is 3.99. The van der Waals surface area contributed by atoms with E-state index in [1.165, 1.54) is 30.4 Å². The molecule has 1 fully saturated rings. The van der Waals surface area contributed by atoms with Gasteiger partial charge in [-0.25, -0.2) is 8.42 Å². The van der Waals surface area contributed by atoms with Gasteiger partial charge in [-0.3, -0.25) is 9.59 Å². The van der Waals surface area contributed by atoms with Crippen molar-refractivity contribution in [3.8, 4) is 0 Å². The number of hydrogen-bond acceptors (Lipinski definition) is 4. The van der Waals surface area contributed by atoms with E-state index in [1.807, 2.05) is 0 Å². The van der Waals surface area contributed by atoms with Gasteiger partial charge in [0.25, 0.3) is 0 Å². The largest absolute Gasteiger partial charge is 0.300 e. The minimum Gasteiger partial charge on any atom is -0.300 e. The molecular formula is C15H19NO4S. The van der Waals surface area contributed by atoms with Crippen molar-refractivity contribution < 1.29 is 18.0 Å². The number of nitrogens with zero attached hydrogens (tertiary/aromatic N) is 1. The summed E-state index contributed by atoms with van der Waals surface area (Å²) in [5.74, 6) is 0.0218. The maximum atomic E-state index is 12.6. The molecule has 0 bridgehead atoms. The fraction of sp³-hybridized carbons (Fsp3) is 0.467. The highest BCUT2D eigenvalue weighted by Gasteiger charge is 2.31. The van der Waals surface area contributed by atoms with Gasteiger partial charge in [0.1, 0.15) is 5.78 Å². The van der Waals surface area contributed by atoms with Crippen LogP contribution in [0, 0.1) is 0 Å². The molecule has 0 amide bonds. The molecule has 21 heavy (non-hydrogen) atoms. The molecule has 0 aliphatic heterocycles. The van der Waals surface area contributed by atoms with Crippen molar-refractivity contribution in [2.24, 2.45) is 0 Å². The van der Waals surface area contributed by atoms with Crippen molar-refractivity contribution >= 4 is 21.6 Å². The highest BCUT2D eigenvalue weighted by Crippen LogP contribution is 2.25. The molecule has 0 spiro atoms. The van der Waals surface area contributed by atoms with Crippen LogP contribution in [0.15, 0.2) is 29.2 Å². The molecule has 0 aromatic heterocycles. The summed E-state index contributed by atoms with van der Waals surface area (Å²) in [5, 5.41) is 0. The Morgan fingerprint density at radius 3 is 2.43 bits per heavy atom. The first-order chi connectivity index (χ1) is 9.82. The number of ketones is 2. The first-order valence-electron chi connectivity index (χ1n) is 6.93. The standard InChI is InChI=1S/C15H19NO4S/c1-11(17)12-4-3-5-15(10-12)21(19,20)16(2)13-6-8-14(18)9-7-13/h3-5,10,13H,6-9H2,1-2H3. The first-order valence-corrected chi connectivity index (χ1v) is 8.37. The fourth-order valence-electron chi connectivity index (χ4n) is 2.53. The lowest BCUT2D eigenvalue weighted by Crippen LogP contribution is -2.39. The number of carbonyl (C=O) groups excluding carboxylic acids is 2. The summed E-state index contributed by atoms with van der Waals surface area (Å²) in [6, 6.07) is 5.91. The number of benzene rings is 1. The normalized spacial score (nSPS) is 17.2. The van der Waals surface area contributed by atoms with Crippen LogP contribution in [0.5, 0.6) is 0 Å². The lowest BCUT2D eigenvalue weighted by atomic mass is 9.95. The van der Waals surface area contributed by atoms with Crippen LogP contribution in [0.1, 0.15) is 43.0 Å². The average Bonchev–Trinajstić information content (AvgIpc) is 2.47. The molecule has 0 unspecified atom stereocenters. The Bertz CT molecular complexity index is 656. The van der Waals surface area contributed by atoms with Crippen molar-refractivity contribution in [3.63, 3.8) is 0 Å². The maximum Gasteiger partial charge on any atom is 0.243 e. The van der Waals surface area contributed by atoms with Gasteiger partial charge >= 0.3 is 0 Å². The van der Waals surface area contributed by atoms with Gasteiger partial charge in [-0.1, -0.05) is 12.1 Å². The molecule has 0 heterocycles. The molecule has 0 atom stereocenters. The van der Waals surface area contributed by atoms with Gasteiger partial charge in [0.15, 0.2) is 5.78 Å². The monoisotopic (exact) mass is 309 g/mol. The van der Waals surface area contributed by atoms with E-state index in [0.717, 1.165) is 0 Å². The van der Waals surface area contributed by atoms with Crippen molar-refractivity contribution in [3.05, 3.63) is 29.8 Å². The van der Waals surface area contributed by atoms with Crippen LogP contribution in [0.4, 0.5) is 0 Å². The minimum absolute atomic E-state index is 0.120. The van der Waals surface area contributed by atoms with E-state index in [4.69, 9.17) is 0 Å². The average molecular weight is 309 g/mol. The van der Waals surface area contributed by atoms with Gasteiger partial charge in [0, 0.05) is 31.5 Å². The van der Waals surface area contributed by atoms with Gasteiger partial charge in [0.05, 0.1) is 4.90 Å². The maximum absolute atomic E-state index is 12.6. The van der Waals surface area contributed by atoms with Crippen molar-refractivity contribution in [2.45, 2.75) is 43.5 Å². The molecule has 0 N–H and O–H groups in total. The smallest absolute Gasteiger partial charge is 0.243 e. The van der Waals surface area contributed by atoms with Gasteiger partial charge in [-0.05, 0) is 31.9 Å². The van der Waals surface area contributed by atoms with Crippen LogP contribution < -0.4 is 0 Å². The molecule has 1 aromatic rings. The second-order valence-electron chi connectivity index (χ2n) is 5.38. The predicted molar refractivity (Wildman–Crippen MR) is 78.7 cm³/mol. The molecule has 6 heteroatoms. The molecule has 5 nitrogen and oxygen atoms in total. The van der Waals surface area contributed by atoms with E-state index >= 15 is 0 Å². The number of carbonyl (C=O) groups is 2. The van der Waals surface area contributed by atoms with Crippen molar-refractivity contribution in [1.82, 2.24) is 4.31 Å². The molecule has 2 rings (SSSR count). The Balaban J connectivity index is 2.26. The van der Waals surface area contributed by atoms with Crippen molar-refractivity contribution in [2.75, 3.05) is 7.05 Å². The highest BCUT2D eigenvalue weighted by molar-refractivity contribution is 7.89. The second kappa shape index (κ2) is 6.07. The molecule has 1 aliphatic carbocycles. The summed E-state index contributed by atoms with van der Waals surface area (Å²) >= 11 is 0. The molecule has 0 radical (unpaired) electrons. The molecule has 0 saturated heterocycles. The van der Waals surface area contributed by atoms with Crippen LogP contribution in [-0.4, -0.2) is 37.4 Å². The van der Waals surface area contributed by atoms with Gasteiger partial charge in [0.2, 0.25) is 10.0 Å². The van der Waals surface area contributed by atoms with E-state index in [9.17, 15) is 18.0 Å². The summed E-state index contributed by atoms with van der Waals surface area (Å²) < 4.78 is 26.6. The summed E-state index contributed by atoms with van der Waals surface area (Å²) in [6.07, 6.45) is 1.97. The Labute approximate surface area is 125 Å². The number of Topliss-reactive ketones (excluding diaryl/α,β-unsaturated/α-hetero) is 2. The molecule has 114 valence electrons. The third-order valence-electron chi connectivity index (χ3n) is 3.94. The third-order valence-corrected chi connectivity index (χ3v) is 5.85. The van der Waals surface area contributed by atoms with Gasteiger partial charge in [-0.15, -0.1) is 0 Å². The number of rotatable bonds is 4. The summed E-state index contributed by atoms with van der Waals surface area (Å²) in [4.78, 5) is 22.8. The zero-order chi connectivity index (χ0) is 15.6. The SMILES string of the molecule is CC(=O)c1cccc(S(=O)(=O)N(C)C2CCC(=O)CC2)c1. The zero-order valence-electron chi connectivity index (χ0n) is 12.2. The highest BCUT2D eigenvalue weighted by atomic mass is 32.2. The quantitative estimate of drug-likeness (QED) is 0.798. The molecule has 1 saturated carbocycles. The predicted octanol–water partition coefficient (Wildman–Crippen LogP) is 2.02. The Kier molecular flexibility index (Phi) is 4.58. The summed E-state index contributed by atoms with van der Waals surface area (Å²) in [5.41, 5.74) is 0.378. The molecule has 1 aromatic carbocycles. The van der Waals surface area contributed by atoms with E-state index in [-0.39, 0.29) is 22.5 Å². The Morgan fingerprint density at radius 2 is 1.86 bits per heavy atom. The van der Waals surface area contributed by atoms with Crippen LogP contribution >= 0.6 is 0 Å². The lowest BCUT2D eigenvalue weighted by Gasteiger charge is -2.30. The summed E-state index contributed by atoms with van der Waals surface area (Å²) in [7, 11) is -2.10. The van der Waals surface area contributed by atoms with Crippen LogP contribution in [-0.2, 0) is 14.8 Å². The molecular weight excluding hydrogens is 290 g/mol. The Hall–Kier alpha value is -1.53. The summed E-state index contributed by atoms with van der Waals surface area (Å²) in [6.45, 7) is 1.40. The van der Waals surface area contributed by atoms with Crippen LogP contribution in [0.3, 0.4) is 0 Å². The van der Waals surface area contributed by atoms with Crippen LogP contribution in [0.2, 0.25) is 0 Å².